The zero-order chi connectivity index (χ0) is 14.8. The van der Waals surface area contributed by atoms with Crippen LogP contribution >= 0.6 is 35.7 Å². The van der Waals surface area contributed by atoms with Gasteiger partial charge in [0.05, 0.1) is 0 Å². The van der Waals surface area contributed by atoms with Gasteiger partial charge in [0.25, 0.3) is 0 Å². The van der Waals surface area contributed by atoms with Crippen LogP contribution in [0, 0.1) is 0 Å². The second kappa shape index (κ2) is 11.2. The summed E-state index contributed by atoms with van der Waals surface area (Å²) in [6.07, 6.45) is 3.29. The molecule has 120 valence electrons. The van der Waals surface area contributed by atoms with Crippen molar-refractivity contribution < 1.29 is 0 Å². The zero-order valence-corrected chi connectivity index (χ0v) is 16.6. The van der Waals surface area contributed by atoms with Crippen LogP contribution in [0.15, 0.2) is 35.3 Å². The molecular formula is C16H28IN3S. The average Bonchev–Trinajstić information content (AvgIpc) is 2.47. The summed E-state index contributed by atoms with van der Waals surface area (Å²) in [6, 6.07) is 10.6. The molecule has 21 heavy (non-hydrogen) atoms. The average molecular weight is 421 g/mol. The molecule has 5 heteroatoms. The van der Waals surface area contributed by atoms with E-state index in [4.69, 9.17) is 0 Å². The van der Waals surface area contributed by atoms with Gasteiger partial charge in [-0.3, -0.25) is 4.99 Å². The van der Waals surface area contributed by atoms with Gasteiger partial charge in [-0.15, -0.1) is 24.0 Å². The molecule has 0 heterocycles. The van der Waals surface area contributed by atoms with E-state index in [2.05, 4.69) is 66.1 Å². The summed E-state index contributed by atoms with van der Waals surface area (Å²) in [7, 11) is 1.82. The first-order valence-corrected chi connectivity index (χ1v) is 8.48. The Morgan fingerprint density at radius 2 is 1.86 bits per heavy atom. The number of halogens is 1. The second-order valence-electron chi connectivity index (χ2n) is 5.45. The number of hydrogen-bond acceptors (Lipinski definition) is 2. The normalized spacial score (nSPS) is 11.7. The molecule has 0 aliphatic carbocycles. The summed E-state index contributed by atoms with van der Waals surface area (Å²) in [5, 5.41) is 6.77. The van der Waals surface area contributed by atoms with Gasteiger partial charge in [0, 0.05) is 25.6 Å². The van der Waals surface area contributed by atoms with Crippen LogP contribution in [-0.2, 0) is 5.41 Å². The summed E-state index contributed by atoms with van der Waals surface area (Å²) < 4.78 is 0. The monoisotopic (exact) mass is 421 g/mol. The second-order valence-corrected chi connectivity index (χ2v) is 6.43. The first-order chi connectivity index (χ1) is 9.60. The van der Waals surface area contributed by atoms with Gasteiger partial charge in [0.15, 0.2) is 5.96 Å². The minimum absolute atomic E-state index is 0. The van der Waals surface area contributed by atoms with Gasteiger partial charge in [0.2, 0.25) is 0 Å². The van der Waals surface area contributed by atoms with Crippen molar-refractivity contribution in [2.75, 3.05) is 32.1 Å². The summed E-state index contributed by atoms with van der Waals surface area (Å²) >= 11 is 1.88. The lowest BCUT2D eigenvalue weighted by Crippen LogP contribution is -2.43. The van der Waals surface area contributed by atoms with E-state index < -0.39 is 0 Å². The number of hydrogen-bond donors (Lipinski definition) is 2. The fraction of sp³-hybridized carbons (Fsp3) is 0.562. The molecule has 1 aromatic rings. The van der Waals surface area contributed by atoms with E-state index in [1.807, 2.05) is 18.8 Å². The number of nitrogens with zero attached hydrogens (tertiary/aromatic N) is 1. The fourth-order valence-corrected chi connectivity index (χ4v) is 2.37. The Bertz CT molecular complexity index is 407. The molecule has 0 aliphatic rings. The predicted molar refractivity (Wildman–Crippen MR) is 107 cm³/mol. The van der Waals surface area contributed by atoms with Gasteiger partial charge in [-0.25, -0.2) is 0 Å². The highest BCUT2D eigenvalue weighted by molar-refractivity contribution is 14.0. The van der Waals surface area contributed by atoms with Crippen LogP contribution in [0.4, 0.5) is 0 Å². The molecule has 1 aromatic carbocycles. The third-order valence-electron chi connectivity index (χ3n) is 3.29. The minimum atomic E-state index is 0. The Morgan fingerprint density at radius 3 is 2.43 bits per heavy atom. The number of benzene rings is 1. The number of nitrogens with one attached hydrogen (secondary N) is 2. The molecule has 1 rings (SSSR count). The van der Waals surface area contributed by atoms with Gasteiger partial charge in [-0.2, -0.15) is 11.8 Å². The van der Waals surface area contributed by atoms with E-state index in [1.54, 1.807) is 0 Å². The van der Waals surface area contributed by atoms with Crippen molar-refractivity contribution in [1.29, 1.82) is 0 Å². The van der Waals surface area contributed by atoms with Gasteiger partial charge in [-0.1, -0.05) is 44.2 Å². The van der Waals surface area contributed by atoms with Crippen LogP contribution < -0.4 is 10.6 Å². The Kier molecular flexibility index (Phi) is 11.0. The lowest BCUT2D eigenvalue weighted by atomic mass is 9.85. The van der Waals surface area contributed by atoms with Crippen LogP contribution in [0.25, 0.3) is 0 Å². The summed E-state index contributed by atoms with van der Waals surface area (Å²) in [6.45, 7) is 6.32. The minimum Gasteiger partial charge on any atom is -0.356 e. The van der Waals surface area contributed by atoms with Crippen LogP contribution in [0.5, 0.6) is 0 Å². The molecular weight excluding hydrogens is 393 g/mol. The molecule has 0 saturated carbocycles. The molecule has 0 atom stereocenters. The molecule has 2 N–H and O–H groups in total. The SMILES string of the molecule is CN=C(NCCCSC)NCC(C)(C)c1ccccc1.I. The molecule has 3 nitrogen and oxygen atoms in total. The maximum atomic E-state index is 4.27. The molecule has 0 aliphatic heterocycles. The number of thioether (sulfide) groups is 1. The van der Waals surface area contributed by atoms with Crippen LogP contribution in [-0.4, -0.2) is 38.1 Å². The predicted octanol–water partition coefficient (Wildman–Crippen LogP) is 3.50. The van der Waals surface area contributed by atoms with Crippen LogP contribution in [0.1, 0.15) is 25.8 Å². The highest BCUT2D eigenvalue weighted by atomic mass is 127. The summed E-state index contributed by atoms with van der Waals surface area (Å²) in [4.78, 5) is 4.27. The van der Waals surface area contributed by atoms with E-state index in [9.17, 15) is 0 Å². The molecule has 0 amide bonds. The van der Waals surface area contributed by atoms with Crippen molar-refractivity contribution in [3.05, 3.63) is 35.9 Å². The first-order valence-electron chi connectivity index (χ1n) is 7.09. The van der Waals surface area contributed by atoms with Crippen LogP contribution in [0.3, 0.4) is 0 Å². The Hall–Kier alpha value is -0.430. The van der Waals surface area contributed by atoms with E-state index in [-0.39, 0.29) is 29.4 Å². The van der Waals surface area contributed by atoms with Gasteiger partial charge >= 0.3 is 0 Å². The largest absolute Gasteiger partial charge is 0.356 e. The maximum Gasteiger partial charge on any atom is 0.191 e. The van der Waals surface area contributed by atoms with E-state index in [0.717, 1.165) is 25.5 Å². The Balaban J connectivity index is 0.00000400. The highest BCUT2D eigenvalue weighted by Crippen LogP contribution is 2.21. The number of rotatable bonds is 7. The first kappa shape index (κ1) is 20.6. The van der Waals surface area contributed by atoms with E-state index in [0.29, 0.717) is 0 Å². The summed E-state index contributed by atoms with van der Waals surface area (Å²) in [5.74, 6) is 2.06. The smallest absolute Gasteiger partial charge is 0.191 e. The third kappa shape index (κ3) is 7.95. The number of guanidine groups is 1. The van der Waals surface area contributed by atoms with Gasteiger partial charge < -0.3 is 10.6 Å². The molecule has 0 radical (unpaired) electrons. The molecule has 0 fully saturated rings. The maximum absolute atomic E-state index is 4.27. The van der Waals surface area contributed by atoms with Crippen molar-refractivity contribution in [2.24, 2.45) is 4.99 Å². The Morgan fingerprint density at radius 1 is 1.19 bits per heavy atom. The number of aliphatic imine (C=N–C) groups is 1. The lowest BCUT2D eigenvalue weighted by molar-refractivity contribution is 0.508. The standard InChI is InChI=1S/C16H27N3S.HI/c1-16(2,14-9-6-5-7-10-14)13-19-15(17-3)18-11-8-12-20-4;/h5-7,9-10H,8,11-13H2,1-4H3,(H2,17,18,19);1H. The van der Waals surface area contributed by atoms with Gasteiger partial charge in [-0.05, 0) is 24.0 Å². The van der Waals surface area contributed by atoms with E-state index in [1.165, 1.54) is 11.3 Å². The Labute approximate surface area is 150 Å². The van der Waals surface area contributed by atoms with Crippen LogP contribution in [0.2, 0.25) is 0 Å². The third-order valence-corrected chi connectivity index (χ3v) is 3.99. The van der Waals surface area contributed by atoms with E-state index >= 15 is 0 Å². The lowest BCUT2D eigenvalue weighted by Gasteiger charge is -2.26. The molecule has 0 bridgehead atoms. The van der Waals surface area contributed by atoms with Crippen molar-refractivity contribution in [1.82, 2.24) is 10.6 Å². The zero-order valence-electron chi connectivity index (χ0n) is 13.5. The summed E-state index contributed by atoms with van der Waals surface area (Å²) in [5.41, 5.74) is 1.42. The molecule has 0 aromatic heterocycles. The quantitative estimate of drug-likeness (QED) is 0.306. The van der Waals surface area contributed by atoms with Crippen molar-refractivity contribution >= 4 is 41.7 Å². The fourth-order valence-electron chi connectivity index (χ4n) is 1.94. The molecule has 0 unspecified atom stereocenters. The highest BCUT2D eigenvalue weighted by Gasteiger charge is 2.20. The van der Waals surface area contributed by atoms with Crippen molar-refractivity contribution in [3.63, 3.8) is 0 Å². The van der Waals surface area contributed by atoms with Crippen molar-refractivity contribution in [3.8, 4) is 0 Å². The molecule has 0 spiro atoms. The van der Waals surface area contributed by atoms with Gasteiger partial charge in [0.1, 0.15) is 0 Å². The topological polar surface area (TPSA) is 36.4 Å². The van der Waals surface area contributed by atoms with Crippen molar-refractivity contribution in [2.45, 2.75) is 25.7 Å². The molecule has 0 saturated heterocycles.